The number of likely N-dealkylation sites (N-methyl/N-ethyl adjacent to an activating group) is 1. The van der Waals surface area contributed by atoms with Crippen LogP contribution in [-0.4, -0.2) is 37.6 Å². The zero-order valence-electron chi connectivity index (χ0n) is 9.56. The van der Waals surface area contributed by atoms with E-state index in [2.05, 4.69) is 44.6 Å². The molecule has 13 heavy (non-hydrogen) atoms. The van der Waals surface area contributed by atoms with E-state index in [1.807, 2.05) is 0 Å². The summed E-state index contributed by atoms with van der Waals surface area (Å²) in [6.45, 7) is 13.6. The second kappa shape index (κ2) is 7.10. The van der Waals surface area contributed by atoms with E-state index in [1.165, 1.54) is 12.0 Å². The predicted octanol–water partition coefficient (Wildman–Crippen LogP) is 1.88. The second-order valence-corrected chi connectivity index (χ2v) is 3.94. The molecule has 0 radical (unpaired) electrons. The average Bonchev–Trinajstić information content (AvgIpc) is 2.00. The van der Waals surface area contributed by atoms with E-state index in [4.69, 9.17) is 0 Å². The lowest BCUT2D eigenvalue weighted by Crippen LogP contribution is -2.31. The summed E-state index contributed by atoms with van der Waals surface area (Å²) in [7, 11) is 2.15. The fourth-order valence-corrected chi connectivity index (χ4v) is 1.40. The van der Waals surface area contributed by atoms with Crippen LogP contribution in [-0.2, 0) is 0 Å². The molecule has 0 saturated carbocycles. The SMILES string of the molecule is C=C(C)CN(C)CCC(C)NCC. The minimum absolute atomic E-state index is 0.623. The first-order chi connectivity index (χ1) is 6.06. The summed E-state index contributed by atoms with van der Waals surface area (Å²) < 4.78 is 0. The summed E-state index contributed by atoms with van der Waals surface area (Å²) in [5.41, 5.74) is 1.23. The third-order valence-electron chi connectivity index (χ3n) is 2.04. The highest BCUT2D eigenvalue weighted by molar-refractivity contribution is 4.91. The van der Waals surface area contributed by atoms with Crippen LogP contribution < -0.4 is 5.32 Å². The zero-order valence-corrected chi connectivity index (χ0v) is 9.56. The van der Waals surface area contributed by atoms with Crippen LogP contribution in [0.25, 0.3) is 0 Å². The smallest absolute Gasteiger partial charge is 0.0184 e. The van der Waals surface area contributed by atoms with Gasteiger partial charge in [0, 0.05) is 12.6 Å². The van der Waals surface area contributed by atoms with Gasteiger partial charge in [0.05, 0.1) is 0 Å². The molecular weight excluding hydrogens is 160 g/mol. The molecule has 0 aromatic heterocycles. The number of nitrogens with one attached hydrogen (secondary N) is 1. The first-order valence-corrected chi connectivity index (χ1v) is 5.12. The van der Waals surface area contributed by atoms with E-state index in [-0.39, 0.29) is 0 Å². The average molecular weight is 184 g/mol. The summed E-state index contributed by atoms with van der Waals surface area (Å²) in [5, 5.41) is 3.41. The molecule has 0 aromatic rings. The van der Waals surface area contributed by atoms with Gasteiger partial charge in [-0.05, 0) is 40.4 Å². The monoisotopic (exact) mass is 184 g/mol. The summed E-state index contributed by atoms with van der Waals surface area (Å²) in [6.07, 6.45) is 1.21. The lowest BCUT2D eigenvalue weighted by atomic mass is 10.2. The molecule has 0 spiro atoms. The van der Waals surface area contributed by atoms with Gasteiger partial charge in [-0.25, -0.2) is 0 Å². The Morgan fingerprint density at radius 1 is 1.54 bits per heavy atom. The Morgan fingerprint density at radius 2 is 2.15 bits per heavy atom. The maximum atomic E-state index is 3.90. The van der Waals surface area contributed by atoms with Crippen molar-refractivity contribution in [2.45, 2.75) is 33.2 Å². The van der Waals surface area contributed by atoms with Crippen LogP contribution in [0.5, 0.6) is 0 Å². The third-order valence-corrected chi connectivity index (χ3v) is 2.04. The van der Waals surface area contributed by atoms with E-state index >= 15 is 0 Å². The molecule has 2 heteroatoms. The molecule has 0 rings (SSSR count). The van der Waals surface area contributed by atoms with Crippen molar-refractivity contribution in [2.24, 2.45) is 0 Å². The molecule has 0 bridgehead atoms. The van der Waals surface area contributed by atoms with Crippen molar-refractivity contribution in [3.8, 4) is 0 Å². The maximum absolute atomic E-state index is 3.90. The predicted molar refractivity (Wildman–Crippen MR) is 60.1 cm³/mol. The molecule has 0 saturated heterocycles. The molecule has 78 valence electrons. The van der Waals surface area contributed by atoms with Gasteiger partial charge in [-0.15, -0.1) is 0 Å². The van der Waals surface area contributed by atoms with Crippen molar-refractivity contribution < 1.29 is 0 Å². The maximum Gasteiger partial charge on any atom is 0.0184 e. The van der Waals surface area contributed by atoms with E-state index in [0.717, 1.165) is 19.6 Å². The molecule has 0 heterocycles. The van der Waals surface area contributed by atoms with Crippen molar-refractivity contribution in [3.05, 3.63) is 12.2 Å². The van der Waals surface area contributed by atoms with Gasteiger partial charge in [-0.2, -0.15) is 0 Å². The van der Waals surface area contributed by atoms with Gasteiger partial charge < -0.3 is 10.2 Å². The fourth-order valence-electron chi connectivity index (χ4n) is 1.40. The number of hydrogen-bond donors (Lipinski definition) is 1. The standard InChI is InChI=1S/C11H24N2/c1-6-12-11(4)7-8-13(5)9-10(2)3/h11-12H,2,6-9H2,1,3-5H3. The number of rotatable bonds is 7. The lowest BCUT2D eigenvalue weighted by molar-refractivity contribution is 0.334. The molecule has 0 aromatic carbocycles. The van der Waals surface area contributed by atoms with Gasteiger partial charge in [0.25, 0.3) is 0 Å². The van der Waals surface area contributed by atoms with Crippen molar-refractivity contribution in [2.75, 3.05) is 26.7 Å². The van der Waals surface area contributed by atoms with Gasteiger partial charge in [-0.3, -0.25) is 0 Å². The Balaban J connectivity index is 3.45. The first-order valence-electron chi connectivity index (χ1n) is 5.12. The van der Waals surface area contributed by atoms with Crippen LogP contribution in [0.4, 0.5) is 0 Å². The summed E-state index contributed by atoms with van der Waals surface area (Å²) >= 11 is 0. The van der Waals surface area contributed by atoms with Crippen LogP contribution in [0.2, 0.25) is 0 Å². The van der Waals surface area contributed by atoms with Gasteiger partial charge in [0.15, 0.2) is 0 Å². The molecular formula is C11H24N2. The fraction of sp³-hybridized carbons (Fsp3) is 0.818. The topological polar surface area (TPSA) is 15.3 Å². The Kier molecular flexibility index (Phi) is 6.92. The van der Waals surface area contributed by atoms with Crippen LogP contribution in [0.3, 0.4) is 0 Å². The Hall–Kier alpha value is -0.340. The quantitative estimate of drug-likeness (QED) is 0.608. The highest BCUT2D eigenvalue weighted by atomic mass is 15.1. The minimum Gasteiger partial charge on any atom is -0.314 e. The number of hydrogen-bond acceptors (Lipinski definition) is 2. The van der Waals surface area contributed by atoms with Gasteiger partial charge in [0.1, 0.15) is 0 Å². The largest absolute Gasteiger partial charge is 0.314 e. The van der Waals surface area contributed by atoms with Crippen molar-refractivity contribution in [1.29, 1.82) is 0 Å². The number of nitrogens with zero attached hydrogens (tertiary/aromatic N) is 1. The summed E-state index contributed by atoms with van der Waals surface area (Å²) in [5.74, 6) is 0. The van der Waals surface area contributed by atoms with E-state index in [9.17, 15) is 0 Å². The molecule has 2 nitrogen and oxygen atoms in total. The van der Waals surface area contributed by atoms with Crippen LogP contribution in [0.1, 0.15) is 27.2 Å². The molecule has 0 aliphatic carbocycles. The first kappa shape index (κ1) is 12.7. The van der Waals surface area contributed by atoms with Gasteiger partial charge in [0.2, 0.25) is 0 Å². The molecule has 1 atom stereocenters. The molecule has 0 aliphatic rings. The molecule has 0 aliphatic heterocycles. The Labute approximate surface area is 83.0 Å². The summed E-state index contributed by atoms with van der Waals surface area (Å²) in [6, 6.07) is 0.623. The Bertz CT molecular complexity index is 143. The third kappa shape index (κ3) is 8.00. The van der Waals surface area contributed by atoms with Crippen molar-refractivity contribution in [3.63, 3.8) is 0 Å². The van der Waals surface area contributed by atoms with E-state index in [0.29, 0.717) is 6.04 Å². The molecule has 0 fully saturated rings. The van der Waals surface area contributed by atoms with E-state index < -0.39 is 0 Å². The van der Waals surface area contributed by atoms with Crippen molar-refractivity contribution in [1.82, 2.24) is 10.2 Å². The van der Waals surface area contributed by atoms with Crippen LogP contribution in [0.15, 0.2) is 12.2 Å². The normalized spacial score (nSPS) is 13.3. The molecule has 1 unspecified atom stereocenters. The highest BCUT2D eigenvalue weighted by Gasteiger charge is 2.02. The van der Waals surface area contributed by atoms with Gasteiger partial charge >= 0.3 is 0 Å². The van der Waals surface area contributed by atoms with Gasteiger partial charge in [-0.1, -0.05) is 19.1 Å². The zero-order chi connectivity index (χ0) is 10.3. The van der Waals surface area contributed by atoms with E-state index in [1.54, 1.807) is 0 Å². The molecule has 1 N–H and O–H groups in total. The Morgan fingerprint density at radius 3 is 2.62 bits per heavy atom. The molecule has 0 amide bonds. The van der Waals surface area contributed by atoms with Crippen LogP contribution >= 0.6 is 0 Å². The van der Waals surface area contributed by atoms with Crippen LogP contribution in [0, 0.1) is 0 Å². The second-order valence-electron chi connectivity index (χ2n) is 3.94. The van der Waals surface area contributed by atoms with Crippen molar-refractivity contribution >= 4 is 0 Å². The minimum atomic E-state index is 0.623. The highest BCUT2D eigenvalue weighted by Crippen LogP contribution is 1.96. The lowest BCUT2D eigenvalue weighted by Gasteiger charge is -2.19. The summed E-state index contributed by atoms with van der Waals surface area (Å²) in [4.78, 5) is 2.32.